The quantitative estimate of drug-likeness (QED) is 0.856. The molecule has 0 unspecified atom stereocenters. The Hall–Kier alpha value is -0.870. The Morgan fingerprint density at radius 1 is 1.09 bits per heavy atom. The van der Waals surface area contributed by atoms with E-state index >= 15 is 0 Å². The lowest BCUT2D eigenvalue weighted by Crippen LogP contribution is -2.40. The van der Waals surface area contributed by atoms with Crippen molar-refractivity contribution in [3.05, 3.63) is 35.9 Å². The molecule has 0 spiro atoms. The van der Waals surface area contributed by atoms with Gasteiger partial charge in [-0.25, -0.2) is 13.1 Å². The van der Waals surface area contributed by atoms with E-state index in [1.807, 2.05) is 30.3 Å². The molecule has 1 aromatic carbocycles. The average molecular weight is 324 g/mol. The Morgan fingerprint density at radius 3 is 2.23 bits per heavy atom. The van der Waals surface area contributed by atoms with Gasteiger partial charge in [-0.3, -0.25) is 0 Å². The average Bonchev–Trinajstić information content (AvgIpc) is 2.48. The van der Waals surface area contributed by atoms with Crippen LogP contribution in [0.3, 0.4) is 0 Å². The second-order valence-corrected chi connectivity index (χ2v) is 9.01. The van der Waals surface area contributed by atoms with Crippen LogP contribution in [0, 0.1) is 11.3 Å². The molecule has 4 heteroatoms. The van der Waals surface area contributed by atoms with Gasteiger partial charge in [-0.2, -0.15) is 0 Å². The number of sulfonamides is 1. The second kappa shape index (κ2) is 7.14. The largest absolute Gasteiger partial charge is 0.216 e. The van der Waals surface area contributed by atoms with Crippen LogP contribution < -0.4 is 4.72 Å². The number of hydrogen-bond donors (Lipinski definition) is 1. The number of benzene rings is 1. The van der Waals surface area contributed by atoms with Gasteiger partial charge in [-0.05, 0) is 42.6 Å². The van der Waals surface area contributed by atoms with Crippen LogP contribution in [0.25, 0.3) is 0 Å². The molecule has 0 atom stereocenters. The third-order valence-corrected chi connectivity index (χ3v) is 6.70. The molecule has 2 rings (SSSR count). The molecule has 0 aromatic heterocycles. The molecule has 1 N–H and O–H groups in total. The fourth-order valence-corrected chi connectivity index (χ4v) is 4.83. The molecule has 0 radical (unpaired) electrons. The fraction of sp³-hybridized carbons (Fsp3) is 0.667. The summed E-state index contributed by atoms with van der Waals surface area (Å²) in [5, 5.41) is 0. The summed E-state index contributed by atoms with van der Waals surface area (Å²) in [6, 6.07) is 9.49. The van der Waals surface area contributed by atoms with Crippen molar-refractivity contribution in [2.24, 2.45) is 11.3 Å². The maximum absolute atomic E-state index is 12.3. The summed E-state index contributed by atoms with van der Waals surface area (Å²) in [4.78, 5) is 0. The van der Waals surface area contributed by atoms with Gasteiger partial charge in [0.2, 0.25) is 10.0 Å². The van der Waals surface area contributed by atoms with Crippen molar-refractivity contribution in [3.8, 4) is 0 Å². The van der Waals surface area contributed by atoms with Gasteiger partial charge < -0.3 is 0 Å². The first-order valence-electron chi connectivity index (χ1n) is 8.36. The van der Waals surface area contributed by atoms with Crippen molar-refractivity contribution in [1.29, 1.82) is 0 Å². The molecule has 1 aliphatic carbocycles. The van der Waals surface area contributed by atoms with E-state index in [4.69, 9.17) is 0 Å². The SMILES string of the molecule is CCC(C)(C)C1CCC(NS(=O)(=O)Cc2ccccc2)CC1. The van der Waals surface area contributed by atoms with E-state index in [9.17, 15) is 8.42 Å². The molecule has 124 valence electrons. The zero-order chi connectivity index (χ0) is 16.2. The van der Waals surface area contributed by atoms with Gasteiger partial charge >= 0.3 is 0 Å². The van der Waals surface area contributed by atoms with E-state index in [2.05, 4.69) is 25.5 Å². The van der Waals surface area contributed by atoms with Gasteiger partial charge in [0.05, 0.1) is 5.75 Å². The molecule has 1 fully saturated rings. The molecule has 0 aliphatic heterocycles. The van der Waals surface area contributed by atoms with Gasteiger partial charge in [-0.15, -0.1) is 0 Å². The van der Waals surface area contributed by atoms with Gasteiger partial charge in [0.15, 0.2) is 0 Å². The van der Waals surface area contributed by atoms with Crippen molar-refractivity contribution in [2.45, 2.75) is 64.7 Å². The summed E-state index contributed by atoms with van der Waals surface area (Å²) in [5.74, 6) is 0.793. The molecule has 0 bridgehead atoms. The van der Waals surface area contributed by atoms with Crippen LogP contribution in [0.2, 0.25) is 0 Å². The summed E-state index contributed by atoms with van der Waals surface area (Å²) in [6.45, 7) is 6.91. The summed E-state index contributed by atoms with van der Waals surface area (Å²) in [5.41, 5.74) is 1.21. The van der Waals surface area contributed by atoms with Crippen LogP contribution in [0.4, 0.5) is 0 Å². The normalized spacial score (nSPS) is 23.4. The molecular formula is C18H29NO2S. The first-order chi connectivity index (χ1) is 10.3. The van der Waals surface area contributed by atoms with E-state index in [1.165, 1.54) is 6.42 Å². The standard InChI is InChI=1S/C18H29NO2S/c1-4-18(2,3)16-10-12-17(13-11-16)19-22(20,21)14-15-8-6-5-7-9-15/h5-9,16-17,19H,4,10-14H2,1-3H3. The highest BCUT2D eigenvalue weighted by Gasteiger charge is 2.32. The smallest absolute Gasteiger partial charge is 0.212 e. The Labute approximate surface area is 135 Å². The third-order valence-electron chi connectivity index (χ3n) is 5.29. The van der Waals surface area contributed by atoms with Crippen molar-refractivity contribution in [1.82, 2.24) is 4.72 Å². The van der Waals surface area contributed by atoms with Gasteiger partial charge in [0.1, 0.15) is 0 Å². The molecule has 1 saturated carbocycles. The predicted octanol–water partition coefficient (Wildman–Crippen LogP) is 4.10. The van der Waals surface area contributed by atoms with Crippen molar-refractivity contribution >= 4 is 10.0 Å². The van der Waals surface area contributed by atoms with E-state index in [0.717, 1.165) is 31.2 Å². The van der Waals surface area contributed by atoms with Gasteiger partial charge in [0.25, 0.3) is 0 Å². The van der Waals surface area contributed by atoms with Crippen LogP contribution in [-0.2, 0) is 15.8 Å². The van der Waals surface area contributed by atoms with Crippen LogP contribution in [0.5, 0.6) is 0 Å². The molecule has 0 saturated heterocycles. The molecule has 3 nitrogen and oxygen atoms in total. The Morgan fingerprint density at radius 2 is 1.68 bits per heavy atom. The first-order valence-corrected chi connectivity index (χ1v) is 10.0. The van der Waals surface area contributed by atoms with Gasteiger partial charge in [-0.1, -0.05) is 57.5 Å². The molecule has 0 heterocycles. The Kier molecular flexibility index (Phi) is 5.67. The highest BCUT2D eigenvalue weighted by atomic mass is 32.2. The van der Waals surface area contributed by atoms with E-state index in [1.54, 1.807) is 0 Å². The monoisotopic (exact) mass is 323 g/mol. The first kappa shape index (κ1) is 17.5. The lowest BCUT2D eigenvalue weighted by atomic mass is 9.69. The molecule has 1 aromatic rings. The van der Waals surface area contributed by atoms with E-state index < -0.39 is 10.0 Å². The van der Waals surface area contributed by atoms with Crippen LogP contribution in [0.1, 0.15) is 58.4 Å². The van der Waals surface area contributed by atoms with Crippen molar-refractivity contribution < 1.29 is 8.42 Å². The number of hydrogen-bond acceptors (Lipinski definition) is 2. The minimum absolute atomic E-state index is 0.0776. The Balaban J connectivity index is 1.87. The molecular weight excluding hydrogens is 294 g/mol. The molecule has 22 heavy (non-hydrogen) atoms. The lowest BCUT2D eigenvalue weighted by Gasteiger charge is -2.39. The lowest BCUT2D eigenvalue weighted by molar-refractivity contribution is 0.142. The fourth-order valence-electron chi connectivity index (χ4n) is 3.37. The minimum atomic E-state index is -3.24. The summed E-state index contributed by atoms with van der Waals surface area (Å²) in [6.07, 6.45) is 5.35. The highest BCUT2D eigenvalue weighted by Crippen LogP contribution is 2.40. The molecule has 1 aliphatic rings. The Bertz CT molecular complexity index is 558. The molecule has 0 amide bonds. The van der Waals surface area contributed by atoms with E-state index in [-0.39, 0.29) is 11.8 Å². The third kappa shape index (κ3) is 4.82. The van der Waals surface area contributed by atoms with Gasteiger partial charge in [0, 0.05) is 6.04 Å². The summed E-state index contributed by atoms with van der Waals surface area (Å²) in [7, 11) is -3.24. The number of nitrogens with one attached hydrogen (secondary N) is 1. The van der Waals surface area contributed by atoms with Crippen LogP contribution in [0.15, 0.2) is 30.3 Å². The van der Waals surface area contributed by atoms with Crippen molar-refractivity contribution in [2.75, 3.05) is 0 Å². The predicted molar refractivity (Wildman–Crippen MR) is 92.0 cm³/mol. The summed E-state index contributed by atoms with van der Waals surface area (Å²) >= 11 is 0. The maximum atomic E-state index is 12.3. The van der Waals surface area contributed by atoms with Crippen LogP contribution in [-0.4, -0.2) is 14.5 Å². The van der Waals surface area contributed by atoms with E-state index in [0.29, 0.717) is 11.3 Å². The maximum Gasteiger partial charge on any atom is 0.216 e. The zero-order valence-corrected chi connectivity index (χ0v) is 14.8. The van der Waals surface area contributed by atoms with Crippen LogP contribution >= 0.6 is 0 Å². The minimum Gasteiger partial charge on any atom is -0.212 e. The number of rotatable bonds is 6. The summed E-state index contributed by atoms with van der Waals surface area (Å²) < 4.78 is 27.5. The zero-order valence-electron chi connectivity index (χ0n) is 14.0. The van der Waals surface area contributed by atoms with Crippen molar-refractivity contribution in [3.63, 3.8) is 0 Å². The topological polar surface area (TPSA) is 46.2 Å². The highest BCUT2D eigenvalue weighted by molar-refractivity contribution is 7.88. The second-order valence-electron chi connectivity index (χ2n) is 7.25.